The number of hydrogen-bond acceptors (Lipinski definition) is 4. The van der Waals surface area contributed by atoms with Crippen molar-refractivity contribution >= 4 is 38.9 Å². The van der Waals surface area contributed by atoms with Crippen molar-refractivity contribution in [3.8, 4) is 6.07 Å². The summed E-state index contributed by atoms with van der Waals surface area (Å²) < 4.78 is 26.6. The van der Waals surface area contributed by atoms with Crippen LogP contribution < -0.4 is 9.62 Å². The quantitative estimate of drug-likeness (QED) is 0.612. The minimum absolute atomic E-state index is 0.126. The Morgan fingerprint density at radius 2 is 1.73 bits per heavy atom. The van der Waals surface area contributed by atoms with E-state index in [1.807, 2.05) is 0 Å². The summed E-state index contributed by atoms with van der Waals surface area (Å²) in [6, 6.07) is 21.5. The fourth-order valence-electron chi connectivity index (χ4n) is 2.77. The second-order valence-electron chi connectivity index (χ2n) is 6.44. The second kappa shape index (κ2) is 8.99. The Balaban J connectivity index is 1.79. The molecule has 3 aromatic carbocycles. The smallest absolute Gasteiger partial charge is 0.264 e. The van der Waals surface area contributed by atoms with Crippen LogP contribution in [0.15, 0.2) is 77.7 Å². The largest absolute Gasteiger partial charge is 0.322 e. The van der Waals surface area contributed by atoms with Gasteiger partial charge in [-0.1, -0.05) is 41.9 Å². The normalized spacial score (nSPS) is 10.8. The van der Waals surface area contributed by atoms with Gasteiger partial charge in [-0.05, 0) is 48.0 Å². The molecule has 0 radical (unpaired) electrons. The van der Waals surface area contributed by atoms with Gasteiger partial charge in [0.25, 0.3) is 15.9 Å². The zero-order valence-corrected chi connectivity index (χ0v) is 17.6. The number of carbonyl (C=O) groups excluding carboxylic acids is 1. The van der Waals surface area contributed by atoms with Crippen LogP contribution in [0.25, 0.3) is 0 Å². The molecule has 0 bridgehead atoms. The van der Waals surface area contributed by atoms with Gasteiger partial charge in [-0.3, -0.25) is 9.10 Å². The van der Waals surface area contributed by atoms with E-state index in [4.69, 9.17) is 16.9 Å². The molecule has 3 rings (SSSR count). The molecule has 0 atom stereocenters. The Hall–Kier alpha value is -3.34. The zero-order chi connectivity index (χ0) is 21.7. The molecule has 0 aliphatic rings. The minimum atomic E-state index is -3.75. The molecule has 0 fully saturated rings. The molecule has 0 heterocycles. The Morgan fingerprint density at radius 3 is 2.33 bits per heavy atom. The summed E-state index contributed by atoms with van der Waals surface area (Å²) >= 11 is 6.28. The predicted molar refractivity (Wildman–Crippen MR) is 117 cm³/mol. The van der Waals surface area contributed by atoms with Crippen molar-refractivity contribution in [1.29, 1.82) is 5.26 Å². The number of benzene rings is 3. The van der Waals surface area contributed by atoms with Gasteiger partial charge in [0.15, 0.2) is 0 Å². The molecule has 30 heavy (non-hydrogen) atoms. The van der Waals surface area contributed by atoms with E-state index in [0.717, 1.165) is 9.87 Å². The number of amides is 1. The van der Waals surface area contributed by atoms with E-state index in [9.17, 15) is 13.2 Å². The van der Waals surface area contributed by atoms with E-state index in [2.05, 4.69) is 11.4 Å². The van der Waals surface area contributed by atoms with Gasteiger partial charge in [0.2, 0.25) is 0 Å². The molecule has 0 aliphatic heterocycles. The van der Waals surface area contributed by atoms with Crippen molar-refractivity contribution in [1.82, 2.24) is 0 Å². The number of nitrogens with zero attached hydrogens (tertiary/aromatic N) is 2. The third kappa shape index (κ3) is 4.62. The van der Waals surface area contributed by atoms with E-state index < -0.39 is 15.9 Å². The SMILES string of the molecule is CN(c1ccc(C(=O)Nc2ccc(CC#N)cc2)c(Cl)c1)S(=O)(=O)c1ccccc1. The number of halogens is 1. The number of anilines is 2. The minimum Gasteiger partial charge on any atom is -0.322 e. The molecule has 0 aromatic heterocycles. The maximum absolute atomic E-state index is 12.8. The lowest BCUT2D eigenvalue weighted by Gasteiger charge is -2.20. The fourth-order valence-corrected chi connectivity index (χ4v) is 4.24. The highest BCUT2D eigenvalue weighted by Gasteiger charge is 2.22. The number of nitriles is 1. The van der Waals surface area contributed by atoms with E-state index in [0.29, 0.717) is 17.8 Å². The summed E-state index contributed by atoms with van der Waals surface area (Å²) in [5.41, 5.74) is 1.96. The van der Waals surface area contributed by atoms with Crippen molar-refractivity contribution in [3.63, 3.8) is 0 Å². The number of hydrogen-bond donors (Lipinski definition) is 1. The van der Waals surface area contributed by atoms with Crippen LogP contribution in [0.5, 0.6) is 0 Å². The van der Waals surface area contributed by atoms with Gasteiger partial charge in [0.05, 0.1) is 33.7 Å². The van der Waals surface area contributed by atoms with Crippen LogP contribution in [0, 0.1) is 11.3 Å². The average Bonchev–Trinajstić information content (AvgIpc) is 2.75. The van der Waals surface area contributed by atoms with Crippen molar-refractivity contribution in [3.05, 3.63) is 88.9 Å². The van der Waals surface area contributed by atoms with Crippen molar-refractivity contribution < 1.29 is 13.2 Å². The lowest BCUT2D eigenvalue weighted by Crippen LogP contribution is -2.26. The monoisotopic (exact) mass is 439 g/mol. The highest BCUT2D eigenvalue weighted by atomic mass is 35.5. The van der Waals surface area contributed by atoms with Gasteiger partial charge in [0.1, 0.15) is 0 Å². The van der Waals surface area contributed by atoms with Crippen molar-refractivity contribution in [2.24, 2.45) is 0 Å². The molecule has 152 valence electrons. The summed E-state index contributed by atoms with van der Waals surface area (Å²) in [7, 11) is -2.32. The lowest BCUT2D eigenvalue weighted by atomic mass is 10.1. The van der Waals surface area contributed by atoms with Crippen LogP contribution in [-0.2, 0) is 16.4 Å². The van der Waals surface area contributed by atoms with Crippen LogP contribution >= 0.6 is 11.6 Å². The molecule has 6 nitrogen and oxygen atoms in total. The lowest BCUT2D eigenvalue weighted by molar-refractivity contribution is 0.102. The Labute approximate surface area is 180 Å². The van der Waals surface area contributed by atoms with Crippen LogP contribution in [0.2, 0.25) is 5.02 Å². The van der Waals surface area contributed by atoms with Gasteiger partial charge < -0.3 is 5.32 Å². The molecule has 0 spiro atoms. The van der Waals surface area contributed by atoms with E-state index >= 15 is 0 Å². The number of rotatable bonds is 6. The first-order chi connectivity index (χ1) is 14.3. The molecule has 3 aromatic rings. The van der Waals surface area contributed by atoms with Crippen LogP contribution in [-0.4, -0.2) is 21.4 Å². The standard InChI is InChI=1S/C22H18ClN3O3S/c1-26(30(28,29)19-5-3-2-4-6-19)18-11-12-20(21(23)15-18)22(27)25-17-9-7-16(8-10-17)13-14-24/h2-12,15H,13H2,1H3,(H,25,27). The summed E-state index contributed by atoms with van der Waals surface area (Å²) in [5.74, 6) is -0.423. The molecule has 0 aliphatic carbocycles. The van der Waals surface area contributed by atoms with Gasteiger partial charge >= 0.3 is 0 Å². The topological polar surface area (TPSA) is 90.3 Å². The highest BCUT2D eigenvalue weighted by Crippen LogP contribution is 2.27. The fraction of sp³-hybridized carbons (Fsp3) is 0.0909. The molecule has 1 amide bonds. The van der Waals surface area contributed by atoms with Gasteiger partial charge in [0, 0.05) is 12.7 Å². The summed E-state index contributed by atoms with van der Waals surface area (Å²) in [4.78, 5) is 12.7. The molecule has 0 saturated heterocycles. The zero-order valence-electron chi connectivity index (χ0n) is 16.0. The van der Waals surface area contributed by atoms with E-state index in [-0.39, 0.29) is 15.5 Å². The second-order valence-corrected chi connectivity index (χ2v) is 8.81. The van der Waals surface area contributed by atoms with E-state index in [1.165, 1.54) is 37.4 Å². The average molecular weight is 440 g/mol. The van der Waals surface area contributed by atoms with Gasteiger partial charge in [-0.25, -0.2) is 8.42 Å². The Bertz CT molecular complexity index is 1200. The molecule has 0 unspecified atom stereocenters. The molecular weight excluding hydrogens is 422 g/mol. The number of carbonyl (C=O) groups is 1. The van der Waals surface area contributed by atoms with Crippen LogP contribution in [0.3, 0.4) is 0 Å². The third-order valence-electron chi connectivity index (χ3n) is 4.46. The first-order valence-electron chi connectivity index (χ1n) is 8.93. The summed E-state index contributed by atoms with van der Waals surface area (Å²) in [6.07, 6.45) is 0.293. The first-order valence-corrected chi connectivity index (χ1v) is 10.8. The summed E-state index contributed by atoms with van der Waals surface area (Å²) in [5, 5.41) is 11.6. The van der Waals surface area contributed by atoms with Gasteiger partial charge in [-0.2, -0.15) is 5.26 Å². The van der Waals surface area contributed by atoms with Crippen molar-refractivity contribution in [2.75, 3.05) is 16.7 Å². The third-order valence-corrected chi connectivity index (χ3v) is 6.57. The predicted octanol–water partition coefficient (Wildman–Crippen LogP) is 4.48. The molecule has 1 N–H and O–H groups in total. The number of sulfonamides is 1. The van der Waals surface area contributed by atoms with Crippen LogP contribution in [0.4, 0.5) is 11.4 Å². The van der Waals surface area contributed by atoms with Crippen LogP contribution in [0.1, 0.15) is 15.9 Å². The molecule has 8 heteroatoms. The Morgan fingerprint density at radius 1 is 1.07 bits per heavy atom. The first kappa shape index (κ1) is 21.4. The number of nitrogens with one attached hydrogen (secondary N) is 1. The maximum atomic E-state index is 12.8. The van der Waals surface area contributed by atoms with Crippen molar-refractivity contribution in [2.45, 2.75) is 11.3 Å². The Kier molecular flexibility index (Phi) is 6.40. The van der Waals surface area contributed by atoms with E-state index in [1.54, 1.807) is 42.5 Å². The van der Waals surface area contributed by atoms with Gasteiger partial charge in [-0.15, -0.1) is 0 Å². The maximum Gasteiger partial charge on any atom is 0.264 e. The molecule has 0 saturated carbocycles. The molecular formula is C22H18ClN3O3S. The summed E-state index contributed by atoms with van der Waals surface area (Å²) in [6.45, 7) is 0. The highest BCUT2D eigenvalue weighted by molar-refractivity contribution is 7.92.